The van der Waals surface area contributed by atoms with E-state index < -0.39 is 0 Å². The molecule has 0 radical (unpaired) electrons. The molecular formula is C26H50. The summed E-state index contributed by atoms with van der Waals surface area (Å²) >= 11 is 0. The van der Waals surface area contributed by atoms with Gasteiger partial charge in [-0.05, 0) is 68.1 Å². The molecule has 0 atom stereocenters. The summed E-state index contributed by atoms with van der Waals surface area (Å²) in [6.45, 7) is 7.14. The molecule has 2 rings (SSSR count). The van der Waals surface area contributed by atoms with Crippen molar-refractivity contribution in [2.75, 3.05) is 0 Å². The van der Waals surface area contributed by atoms with E-state index in [0.717, 1.165) is 23.2 Å². The molecule has 0 aromatic rings. The highest BCUT2D eigenvalue weighted by Gasteiger charge is 2.36. The molecule has 2 saturated carbocycles. The van der Waals surface area contributed by atoms with Crippen molar-refractivity contribution in [3.63, 3.8) is 0 Å². The highest BCUT2D eigenvalue weighted by Crippen LogP contribution is 2.49. The largest absolute Gasteiger partial charge is 0.0654 e. The smallest absolute Gasteiger partial charge is 0.0300 e. The van der Waals surface area contributed by atoms with Crippen LogP contribution in [-0.4, -0.2) is 0 Å². The van der Waals surface area contributed by atoms with Crippen molar-refractivity contribution in [1.29, 1.82) is 0 Å². The lowest BCUT2D eigenvalue weighted by molar-refractivity contribution is 0.0797. The first-order chi connectivity index (χ1) is 12.7. The summed E-state index contributed by atoms with van der Waals surface area (Å²) in [6, 6.07) is 0. The second kappa shape index (κ2) is 12.5. The van der Waals surface area contributed by atoms with Crippen molar-refractivity contribution >= 4 is 0 Å². The van der Waals surface area contributed by atoms with Gasteiger partial charge in [-0.1, -0.05) is 97.8 Å². The zero-order valence-electron chi connectivity index (χ0n) is 18.7. The van der Waals surface area contributed by atoms with Gasteiger partial charge >= 0.3 is 0 Å². The molecule has 0 heteroatoms. The molecule has 154 valence electrons. The molecule has 0 heterocycles. The normalized spacial score (nSPS) is 32.7. The standard InChI is InChI=1S/C26H50/c1-4-7-9-10-12-20-26(6-3)21-18-25(19-22-26)24-16-14-23(15-17-24)13-11-8-5-2/h23-25H,4-22H2,1-3H3/t23?,24?,25-,26-. The first-order valence-electron chi connectivity index (χ1n) is 12.7. The van der Waals surface area contributed by atoms with Gasteiger partial charge in [0.05, 0.1) is 0 Å². The molecule has 2 fully saturated rings. The molecule has 0 saturated heterocycles. The summed E-state index contributed by atoms with van der Waals surface area (Å²) in [5.74, 6) is 3.27. The summed E-state index contributed by atoms with van der Waals surface area (Å²) in [6.07, 6.45) is 28.6. The molecule has 0 amide bonds. The van der Waals surface area contributed by atoms with Crippen LogP contribution in [0.5, 0.6) is 0 Å². The van der Waals surface area contributed by atoms with Crippen LogP contribution in [0.15, 0.2) is 0 Å². The molecule has 0 unspecified atom stereocenters. The lowest BCUT2D eigenvalue weighted by Crippen LogP contribution is -2.31. The minimum Gasteiger partial charge on any atom is -0.0654 e. The van der Waals surface area contributed by atoms with Crippen LogP contribution in [-0.2, 0) is 0 Å². The lowest BCUT2D eigenvalue weighted by atomic mass is 9.62. The van der Waals surface area contributed by atoms with E-state index in [0.29, 0.717) is 0 Å². The van der Waals surface area contributed by atoms with Crippen molar-refractivity contribution in [1.82, 2.24) is 0 Å². The second-order valence-electron chi connectivity index (χ2n) is 10.1. The van der Waals surface area contributed by atoms with Crippen molar-refractivity contribution in [2.45, 2.75) is 143 Å². The Labute approximate surface area is 166 Å². The molecule has 0 aromatic carbocycles. The zero-order valence-corrected chi connectivity index (χ0v) is 18.7. The minimum atomic E-state index is 0.736. The summed E-state index contributed by atoms with van der Waals surface area (Å²) in [4.78, 5) is 0. The van der Waals surface area contributed by atoms with Crippen molar-refractivity contribution in [3.8, 4) is 0 Å². The third kappa shape index (κ3) is 7.20. The molecule has 26 heavy (non-hydrogen) atoms. The van der Waals surface area contributed by atoms with Crippen LogP contribution < -0.4 is 0 Å². The topological polar surface area (TPSA) is 0 Å². The fourth-order valence-corrected chi connectivity index (χ4v) is 6.24. The third-order valence-electron chi connectivity index (χ3n) is 8.43. The van der Waals surface area contributed by atoms with Gasteiger partial charge in [0.1, 0.15) is 0 Å². The minimum absolute atomic E-state index is 0.736. The van der Waals surface area contributed by atoms with Crippen LogP contribution in [0.1, 0.15) is 143 Å². The molecule has 0 N–H and O–H groups in total. The first kappa shape index (κ1) is 22.3. The number of unbranched alkanes of at least 4 members (excludes halogenated alkanes) is 6. The Hall–Kier alpha value is 0. The monoisotopic (exact) mass is 362 g/mol. The molecular weight excluding hydrogens is 312 g/mol. The van der Waals surface area contributed by atoms with Crippen molar-refractivity contribution in [3.05, 3.63) is 0 Å². The van der Waals surface area contributed by atoms with E-state index in [9.17, 15) is 0 Å². The summed E-state index contributed by atoms with van der Waals surface area (Å²) in [5.41, 5.74) is 0.736. The van der Waals surface area contributed by atoms with Crippen LogP contribution in [0, 0.1) is 23.2 Å². The van der Waals surface area contributed by atoms with E-state index in [2.05, 4.69) is 20.8 Å². The van der Waals surface area contributed by atoms with E-state index >= 15 is 0 Å². The SMILES string of the molecule is CCCCCCC[C@]1(CC)CC[C@@H](C2CCC(CCCCC)CC2)CC1. The predicted molar refractivity (Wildman–Crippen MR) is 118 cm³/mol. The van der Waals surface area contributed by atoms with Gasteiger partial charge in [0.25, 0.3) is 0 Å². The van der Waals surface area contributed by atoms with E-state index in [1.165, 1.54) is 70.6 Å². The maximum Gasteiger partial charge on any atom is -0.0300 e. The zero-order chi connectivity index (χ0) is 18.7. The quantitative estimate of drug-likeness (QED) is 0.303. The maximum atomic E-state index is 2.48. The fourth-order valence-electron chi connectivity index (χ4n) is 6.24. The van der Waals surface area contributed by atoms with Gasteiger partial charge in [0.2, 0.25) is 0 Å². The Morgan fingerprint density at radius 2 is 1.19 bits per heavy atom. The molecule has 0 spiro atoms. The summed E-state index contributed by atoms with van der Waals surface area (Å²) in [5, 5.41) is 0. The molecule has 2 aliphatic rings. The Bertz CT molecular complexity index is 328. The maximum absolute atomic E-state index is 2.48. The number of hydrogen-bond acceptors (Lipinski definition) is 0. The lowest BCUT2D eigenvalue weighted by Gasteiger charge is -2.44. The average molecular weight is 363 g/mol. The van der Waals surface area contributed by atoms with Gasteiger partial charge < -0.3 is 0 Å². The Morgan fingerprint density at radius 1 is 0.615 bits per heavy atom. The van der Waals surface area contributed by atoms with Gasteiger partial charge in [0, 0.05) is 0 Å². The molecule has 0 nitrogen and oxygen atoms in total. The fraction of sp³-hybridized carbons (Fsp3) is 1.00. The Kier molecular flexibility index (Phi) is 10.7. The van der Waals surface area contributed by atoms with Gasteiger partial charge in [0.15, 0.2) is 0 Å². The van der Waals surface area contributed by atoms with Gasteiger partial charge in [-0.3, -0.25) is 0 Å². The average Bonchev–Trinajstić information content (AvgIpc) is 2.69. The van der Waals surface area contributed by atoms with Gasteiger partial charge in [-0.25, -0.2) is 0 Å². The molecule has 2 aliphatic carbocycles. The molecule has 0 aliphatic heterocycles. The van der Waals surface area contributed by atoms with Gasteiger partial charge in [-0.15, -0.1) is 0 Å². The van der Waals surface area contributed by atoms with Crippen LogP contribution in [0.3, 0.4) is 0 Å². The number of hydrogen-bond donors (Lipinski definition) is 0. The van der Waals surface area contributed by atoms with Crippen LogP contribution >= 0.6 is 0 Å². The van der Waals surface area contributed by atoms with Crippen LogP contribution in [0.4, 0.5) is 0 Å². The van der Waals surface area contributed by atoms with Crippen LogP contribution in [0.25, 0.3) is 0 Å². The predicted octanol–water partition coefficient (Wildman–Crippen LogP) is 9.32. The van der Waals surface area contributed by atoms with Crippen LogP contribution in [0.2, 0.25) is 0 Å². The summed E-state index contributed by atoms with van der Waals surface area (Å²) < 4.78 is 0. The first-order valence-corrected chi connectivity index (χ1v) is 12.7. The van der Waals surface area contributed by atoms with E-state index in [1.807, 2.05) is 0 Å². The Balaban J connectivity index is 1.65. The highest BCUT2D eigenvalue weighted by molar-refractivity contribution is 4.88. The van der Waals surface area contributed by atoms with Crippen molar-refractivity contribution in [2.24, 2.45) is 23.2 Å². The van der Waals surface area contributed by atoms with E-state index in [-0.39, 0.29) is 0 Å². The van der Waals surface area contributed by atoms with Gasteiger partial charge in [-0.2, -0.15) is 0 Å². The highest BCUT2D eigenvalue weighted by atomic mass is 14.4. The van der Waals surface area contributed by atoms with Crippen molar-refractivity contribution < 1.29 is 0 Å². The summed E-state index contributed by atoms with van der Waals surface area (Å²) in [7, 11) is 0. The second-order valence-corrected chi connectivity index (χ2v) is 10.1. The van der Waals surface area contributed by atoms with E-state index in [4.69, 9.17) is 0 Å². The third-order valence-corrected chi connectivity index (χ3v) is 8.43. The number of rotatable bonds is 12. The molecule has 0 aromatic heterocycles. The van der Waals surface area contributed by atoms with E-state index in [1.54, 1.807) is 51.4 Å². The molecule has 0 bridgehead atoms. The Morgan fingerprint density at radius 3 is 1.81 bits per heavy atom.